The van der Waals surface area contributed by atoms with E-state index in [1.165, 1.54) is 5.56 Å². The van der Waals surface area contributed by atoms with Gasteiger partial charge >= 0.3 is 0 Å². The third-order valence-electron chi connectivity index (χ3n) is 4.32. The number of carbonyl (C=O) groups excluding carboxylic acids is 1. The number of aryl methyl sites for hydroxylation is 3. The van der Waals surface area contributed by atoms with Gasteiger partial charge in [-0.1, -0.05) is 36.4 Å². The Morgan fingerprint density at radius 3 is 2.52 bits per heavy atom. The van der Waals surface area contributed by atoms with Gasteiger partial charge in [0.1, 0.15) is 0 Å². The van der Waals surface area contributed by atoms with Crippen molar-refractivity contribution in [3.8, 4) is 5.69 Å². The second kappa shape index (κ2) is 7.79. The summed E-state index contributed by atoms with van der Waals surface area (Å²) in [6, 6.07) is 17.7. The van der Waals surface area contributed by atoms with Crippen LogP contribution in [0, 0.1) is 13.8 Å². The molecular weight excluding hydrogens is 310 g/mol. The molecule has 0 radical (unpaired) electrons. The lowest BCUT2D eigenvalue weighted by atomic mass is 10.1. The number of nitrogens with zero attached hydrogens (tertiary/aromatic N) is 2. The molecule has 0 fully saturated rings. The first kappa shape index (κ1) is 17.0. The Labute approximate surface area is 148 Å². The van der Waals surface area contributed by atoms with Crippen molar-refractivity contribution in [1.29, 1.82) is 0 Å². The van der Waals surface area contributed by atoms with Crippen molar-refractivity contribution >= 4 is 5.91 Å². The van der Waals surface area contributed by atoms with E-state index in [2.05, 4.69) is 16.6 Å². The number of aromatic nitrogens is 2. The third kappa shape index (κ3) is 4.15. The zero-order valence-corrected chi connectivity index (χ0v) is 14.7. The Morgan fingerprint density at radius 1 is 1.04 bits per heavy atom. The summed E-state index contributed by atoms with van der Waals surface area (Å²) in [6.07, 6.45) is 3.86. The monoisotopic (exact) mass is 333 g/mol. The molecule has 0 bridgehead atoms. The van der Waals surface area contributed by atoms with E-state index >= 15 is 0 Å². The van der Waals surface area contributed by atoms with E-state index in [9.17, 15) is 4.79 Å². The summed E-state index contributed by atoms with van der Waals surface area (Å²) in [4.78, 5) is 12.2. The van der Waals surface area contributed by atoms with E-state index in [0.717, 1.165) is 35.3 Å². The van der Waals surface area contributed by atoms with Crippen molar-refractivity contribution < 1.29 is 4.79 Å². The standard InChI is InChI=1S/C21H23N3O/c1-16-9-6-7-13-20(16)21(25)22-14-8-10-18-15-24(23-17(18)2)19-11-4-3-5-12-19/h3-7,9,11-13,15H,8,10,14H2,1-2H3,(H,22,25). The maximum absolute atomic E-state index is 12.2. The Balaban J connectivity index is 1.54. The van der Waals surface area contributed by atoms with Crippen molar-refractivity contribution in [2.45, 2.75) is 26.7 Å². The van der Waals surface area contributed by atoms with Crippen molar-refractivity contribution in [2.75, 3.05) is 6.54 Å². The summed E-state index contributed by atoms with van der Waals surface area (Å²) in [6.45, 7) is 4.64. The Hall–Kier alpha value is -2.88. The topological polar surface area (TPSA) is 46.9 Å². The fourth-order valence-corrected chi connectivity index (χ4v) is 2.86. The Bertz CT molecular complexity index is 853. The molecule has 3 aromatic rings. The normalized spacial score (nSPS) is 10.6. The molecule has 1 heterocycles. The average Bonchev–Trinajstić information content (AvgIpc) is 3.00. The average molecular weight is 333 g/mol. The number of hydrogen-bond acceptors (Lipinski definition) is 2. The fraction of sp³-hybridized carbons (Fsp3) is 0.238. The molecule has 0 saturated heterocycles. The van der Waals surface area contributed by atoms with E-state index in [4.69, 9.17) is 0 Å². The van der Waals surface area contributed by atoms with Gasteiger partial charge in [0.05, 0.1) is 11.4 Å². The molecule has 0 aliphatic heterocycles. The highest BCUT2D eigenvalue weighted by Gasteiger charge is 2.09. The van der Waals surface area contributed by atoms with Crippen LogP contribution in [0.1, 0.15) is 33.6 Å². The molecule has 4 nitrogen and oxygen atoms in total. The molecule has 0 aliphatic rings. The minimum atomic E-state index is -0.00481. The van der Waals surface area contributed by atoms with Gasteiger partial charge in [-0.3, -0.25) is 4.79 Å². The predicted octanol–water partition coefficient (Wildman–Crippen LogP) is 3.85. The first-order chi connectivity index (χ1) is 12.1. The second-order valence-corrected chi connectivity index (χ2v) is 6.19. The summed E-state index contributed by atoms with van der Waals surface area (Å²) in [5.41, 5.74) is 5.06. The van der Waals surface area contributed by atoms with Crippen LogP contribution in [0.3, 0.4) is 0 Å². The second-order valence-electron chi connectivity index (χ2n) is 6.19. The molecule has 0 aliphatic carbocycles. The Morgan fingerprint density at radius 2 is 1.76 bits per heavy atom. The zero-order chi connectivity index (χ0) is 17.6. The molecule has 1 N–H and O–H groups in total. The number of hydrogen-bond donors (Lipinski definition) is 1. The molecule has 1 aromatic heterocycles. The van der Waals surface area contributed by atoms with Crippen LogP contribution < -0.4 is 5.32 Å². The first-order valence-electron chi connectivity index (χ1n) is 8.59. The number of nitrogens with one attached hydrogen (secondary N) is 1. The van der Waals surface area contributed by atoms with Crippen LogP contribution in [0.5, 0.6) is 0 Å². The summed E-state index contributed by atoms with van der Waals surface area (Å²) in [5, 5.41) is 7.59. The van der Waals surface area contributed by atoms with Crippen molar-refractivity contribution in [3.63, 3.8) is 0 Å². The summed E-state index contributed by atoms with van der Waals surface area (Å²) >= 11 is 0. The fourth-order valence-electron chi connectivity index (χ4n) is 2.86. The summed E-state index contributed by atoms with van der Waals surface area (Å²) in [7, 11) is 0. The zero-order valence-electron chi connectivity index (χ0n) is 14.7. The molecule has 25 heavy (non-hydrogen) atoms. The predicted molar refractivity (Wildman–Crippen MR) is 100 cm³/mol. The number of para-hydroxylation sites is 1. The number of amides is 1. The quantitative estimate of drug-likeness (QED) is 0.697. The van der Waals surface area contributed by atoms with Crippen LogP contribution >= 0.6 is 0 Å². The van der Waals surface area contributed by atoms with Crippen LogP contribution in [0.15, 0.2) is 60.8 Å². The van der Waals surface area contributed by atoms with Crippen molar-refractivity contribution in [1.82, 2.24) is 15.1 Å². The third-order valence-corrected chi connectivity index (χ3v) is 4.32. The SMILES string of the molecule is Cc1ccccc1C(=O)NCCCc1cn(-c2ccccc2)nc1C. The Kier molecular flexibility index (Phi) is 5.29. The van der Waals surface area contributed by atoms with E-state index in [1.807, 2.05) is 73.1 Å². The van der Waals surface area contributed by atoms with Crippen LogP contribution in [0.4, 0.5) is 0 Å². The molecule has 1 amide bonds. The summed E-state index contributed by atoms with van der Waals surface area (Å²) in [5.74, 6) is -0.00481. The van der Waals surface area contributed by atoms with Crippen LogP contribution in [0.2, 0.25) is 0 Å². The van der Waals surface area contributed by atoms with E-state index in [0.29, 0.717) is 6.54 Å². The molecule has 3 rings (SSSR count). The smallest absolute Gasteiger partial charge is 0.251 e. The molecule has 0 spiro atoms. The number of benzene rings is 2. The lowest BCUT2D eigenvalue weighted by Crippen LogP contribution is -2.25. The number of rotatable bonds is 6. The molecule has 4 heteroatoms. The van der Waals surface area contributed by atoms with Crippen LogP contribution in [0.25, 0.3) is 5.69 Å². The van der Waals surface area contributed by atoms with Crippen molar-refractivity contribution in [2.24, 2.45) is 0 Å². The number of carbonyl (C=O) groups is 1. The highest BCUT2D eigenvalue weighted by molar-refractivity contribution is 5.95. The largest absolute Gasteiger partial charge is 0.352 e. The van der Waals surface area contributed by atoms with Gasteiger partial charge in [-0.25, -0.2) is 4.68 Å². The molecular formula is C21H23N3O. The van der Waals surface area contributed by atoms with Gasteiger partial charge in [0, 0.05) is 18.3 Å². The van der Waals surface area contributed by atoms with E-state index in [1.54, 1.807) is 0 Å². The lowest BCUT2D eigenvalue weighted by Gasteiger charge is -2.07. The van der Waals surface area contributed by atoms with Gasteiger partial charge in [-0.15, -0.1) is 0 Å². The molecule has 0 unspecified atom stereocenters. The lowest BCUT2D eigenvalue weighted by molar-refractivity contribution is 0.0952. The molecule has 0 atom stereocenters. The molecule has 0 saturated carbocycles. The van der Waals surface area contributed by atoms with Crippen molar-refractivity contribution in [3.05, 3.63) is 83.2 Å². The van der Waals surface area contributed by atoms with Gasteiger partial charge in [-0.05, 0) is 56.0 Å². The minimum Gasteiger partial charge on any atom is -0.352 e. The summed E-state index contributed by atoms with van der Waals surface area (Å²) < 4.78 is 1.91. The van der Waals surface area contributed by atoms with Crippen LogP contribution in [-0.4, -0.2) is 22.2 Å². The molecule has 2 aromatic carbocycles. The maximum Gasteiger partial charge on any atom is 0.251 e. The van der Waals surface area contributed by atoms with Crippen LogP contribution in [-0.2, 0) is 6.42 Å². The highest BCUT2D eigenvalue weighted by atomic mass is 16.1. The van der Waals surface area contributed by atoms with E-state index < -0.39 is 0 Å². The van der Waals surface area contributed by atoms with Gasteiger partial charge in [-0.2, -0.15) is 5.10 Å². The first-order valence-corrected chi connectivity index (χ1v) is 8.59. The van der Waals surface area contributed by atoms with E-state index in [-0.39, 0.29) is 5.91 Å². The van der Waals surface area contributed by atoms with Gasteiger partial charge < -0.3 is 5.32 Å². The van der Waals surface area contributed by atoms with Gasteiger partial charge in [0.2, 0.25) is 0 Å². The minimum absolute atomic E-state index is 0.00481. The molecule has 128 valence electrons. The highest BCUT2D eigenvalue weighted by Crippen LogP contribution is 2.13. The van der Waals surface area contributed by atoms with Gasteiger partial charge in [0.15, 0.2) is 0 Å². The maximum atomic E-state index is 12.2. The van der Waals surface area contributed by atoms with Gasteiger partial charge in [0.25, 0.3) is 5.91 Å².